The lowest BCUT2D eigenvalue weighted by Crippen LogP contribution is -2.15. The van der Waals surface area contributed by atoms with Gasteiger partial charge in [-0.3, -0.25) is 4.72 Å². The number of benzene rings is 1. The molecule has 1 aliphatic carbocycles. The van der Waals surface area contributed by atoms with Crippen molar-refractivity contribution in [3.8, 4) is 0 Å². The molecule has 0 unspecified atom stereocenters. The van der Waals surface area contributed by atoms with Gasteiger partial charge in [-0.05, 0) is 36.7 Å². The Hall–Kier alpha value is -0.680. The van der Waals surface area contributed by atoms with Crippen LogP contribution in [0, 0.1) is 12.7 Å². The second-order valence-electron chi connectivity index (χ2n) is 3.75. The SMILES string of the molecule is CNS.Cc1ccc(F)c2c1CC(F)(F)C2. The molecule has 0 radical (unpaired) electrons. The van der Waals surface area contributed by atoms with Crippen LogP contribution in [0.2, 0.25) is 0 Å². The summed E-state index contributed by atoms with van der Waals surface area (Å²) in [6.07, 6.45) is -0.762. The Bertz CT molecular complexity index is 347. The molecule has 1 nitrogen and oxygen atoms in total. The van der Waals surface area contributed by atoms with Gasteiger partial charge in [0.1, 0.15) is 5.82 Å². The molecule has 90 valence electrons. The van der Waals surface area contributed by atoms with Crippen LogP contribution in [-0.4, -0.2) is 13.0 Å². The number of rotatable bonds is 0. The van der Waals surface area contributed by atoms with Gasteiger partial charge in [-0.25, -0.2) is 13.2 Å². The van der Waals surface area contributed by atoms with Gasteiger partial charge in [0.25, 0.3) is 5.92 Å². The molecule has 0 saturated carbocycles. The Balaban J connectivity index is 0.000000386. The van der Waals surface area contributed by atoms with E-state index in [-0.39, 0.29) is 12.0 Å². The van der Waals surface area contributed by atoms with E-state index in [2.05, 4.69) is 17.5 Å². The average Bonchev–Trinajstić information content (AvgIpc) is 2.50. The average molecular weight is 249 g/mol. The predicted molar refractivity (Wildman–Crippen MR) is 61.5 cm³/mol. The van der Waals surface area contributed by atoms with Gasteiger partial charge >= 0.3 is 0 Å². The van der Waals surface area contributed by atoms with Gasteiger partial charge in [0.15, 0.2) is 0 Å². The van der Waals surface area contributed by atoms with Crippen LogP contribution < -0.4 is 4.72 Å². The second-order valence-corrected chi connectivity index (χ2v) is 4.20. The molecular formula is C11H14F3NS. The van der Waals surface area contributed by atoms with Crippen LogP contribution in [0.25, 0.3) is 0 Å². The number of thiol groups is 1. The van der Waals surface area contributed by atoms with E-state index in [9.17, 15) is 13.2 Å². The summed E-state index contributed by atoms with van der Waals surface area (Å²) in [4.78, 5) is 0. The van der Waals surface area contributed by atoms with Crippen LogP contribution in [0.4, 0.5) is 13.2 Å². The fourth-order valence-corrected chi connectivity index (χ4v) is 1.80. The monoisotopic (exact) mass is 249 g/mol. The fourth-order valence-electron chi connectivity index (χ4n) is 1.80. The third kappa shape index (κ3) is 2.92. The van der Waals surface area contributed by atoms with Gasteiger partial charge in [-0.15, -0.1) is 0 Å². The Labute approximate surface area is 98.6 Å². The van der Waals surface area contributed by atoms with Crippen LogP contribution in [0.1, 0.15) is 16.7 Å². The Kier molecular flexibility index (Phi) is 4.27. The lowest BCUT2D eigenvalue weighted by Gasteiger charge is -2.04. The van der Waals surface area contributed by atoms with Gasteiger partial charge in [-0.2, -0.15) is 0 Å². The molecule has 2 rings (SSSR count). The van der Waals surface area contributed by atoms with Crippen molar-refractivity contribution < 1.29 is 13.2 Å². The zero-order valence-corrected chi connectivity index (χ0v) is 10.0. The smallest absolute Gasteiger partial charge is 0.256 e. The maximum Gasteiger partial charge on any atom is 0.256 e. The summed E-state index contributed by atoms with van der Waals surface area (Å²) in [6.45, 7) is 1.74. The van der Waals surface area contributed by atoms with Crippen molar-refractivity contribution in [1.82, 2.24) is 4.72 Å². The summed E-state index contributed by atoms with van der Waals surface area (Å²) in [5, 5.41) is 0. The molecule has 0 atom stereocenters. The molecule has 0 spiro atoms. The van der Waals surface area contributed by atoms with Crippen LogP contribution in [0.5, 0.6) is 0 Å². The zero-order valence-electron chi connectivity index (χ0n) is 9.15. The van der Waals surface area contributed by atoms with Crippen molar-refractivity contribution in [3.05, 3.63) is 34.6 Å². The first-order valence-electron chi connectivity index (χ1n) is 4.87. The molecule has 1 aromatic rings. The van der Waals surface area contributed by atoms with Gasteiger partial charge in [0, 0.05) is 12.8 Å². The van der Waals surface area contributed by atoms with E-state index in [1.54, 1.807) is 20.0 Å². The summed E-state index contributed by atoms with van der Waals surface area (Å²) in [5.41, 5.74) is 1.45. The third-order valence-corrected chi connectivity index (χ3v) is 2.48. The van der Waals surface area contributed by atoms with Gasteiger partial charge < -0.3 is 0 Å². The quantitative estimate of drug-likeness (QED) is 0.674. The molecule has 16 heavy (non-hydrogen) atoms. The number of fused-ring (bicyclic) bond motifs is 1. The Morgan fingerprint density at radius 1 is 1.25 bits per heavy atom. The van der Waals surface area contributed by atoms with Crippen molar-refractivity contribution in [3.63, 3.8) is 0 Å². The summed E-state index contributed by atoms with van der Waals surface area (Å²) >= 11 is 3.54. The molecule has 1 aliphatic rings. The standard InChI is InChI=1S/C10H9F3.CH5NS/c1-6-2-3-9(11)8-5-10(12,13)4-7(6)8;1-2-3/h2-3H,4-5H2,1H3;2-3H,1H3. The second kappa shape index (κ2) is 5.10. The highest BCUT2D eigenvalue weighted by Crippen LogP contribution is 2.37. The molecule has 0 bridgehead atoms. The first kappa shape index (κ1) is 13.4. The highest BCUT2D eigenvalue weighted by atomic mass is 32.1. The molecule has 5 heteroatoms. The van der Waals surface area contributed by atoms with Crippen LogP contribution in [0.3, 0.4) is 0 Å². The molecule has 1 N–H and O–H groups in total. The van der Waals surface area contributed by atoms with Crippen LogP contribution in [-0.2, 0) is 12.8 Å². The van der Waals surface area contributed by atoms with E-state index in [0.29, 0.717) is 5.56 Å². The summed E-state index contributed by atoms with van der Waals surface area (Å²) in [6, 6.07) is 2.81. The maximum atomic E-state index is 13.1. The fraction of sp³-hybridized carbons (Fsp3) is 0.455. The van der Waals surface area contributed by atoms with Crippen molar-refractivity contribution in [2.75, 3.05) is 7.05 Å². The van der Waals surface area contributed by atoms with E-state index in [1.807, 2.05) is 0 Å². The number of hydrogen-bond acceptors (Lipinski definition) is 2. The number of aryl methyl sites for hydroxylation is 1. The normalized spacial score (nSPS) is 16.4. The highest BCUT2D eigenvalue weighted by molar-refractivity contribution is 7.78. The van der Waals surface area contributed by atoms with E-state index in [1.165, 1.54) is 6.07 Å². The first-order chi connectivity index (χ1) is 7.41. The number of alkyl halides is 2. The molecule has 0 heterocycles. The van der Waals surface area contributed by atoms with Crippen molar-refractivity contribution in [1.29, 1.82) is 0 Å². The van der Waals surface area contributed by atoms with E-state index in [4.69, 9.17) is 0 Å². The van der Waals surface area contributed by atoms with Crippen molar-refractivity contribution in [2.24, 2.45) is 0 Å². The van der Waals surface area contributed by atoms with Gasteiger partial charge in [0.05, 0.1) is 0 Å². The molecule has 0 saturated heterocycles. The number of halogens is 3. The number of hydrogen-bond donors (Lipinski definition) is 2. The highest BCUT2D eigenvalue weighted by Gasteiger charge is 2.39. The minimum atomic E-state index is -2.75. The summed E-state index contributed by atoms with van der Waals surface area (Å²) in [5.74, 6) is -3.26. The molecule has 0 aromatic heterocycles. The van der Waals surface area contributed by atoms with Gasteiger partial charge in [0.2, 0.25) is 0 Å². The largest absolute Gasteiger partial charge is 0.270 e. The number of nitrogens with one attached hydrogen (secondary N) is 1. The predicted octanol–water partition coefficient (Wildman–Crippen LogP) is 2.92. The first-order valence-corrected chi connectivity index (χ1v) is 5.31. The van der Waals surface area contributed by atoms with Crippen LogP contribution in [0.15, 0.2) is 12.1 Å². The molecule has 0 amide bonds. The van der Waals surface area contributed by atoms with Crippen molar-refractivity contribution in [2.45, 2.75) is 25.7 Å². The topological polar surface area (TPSA) is 12.0 Å². The van der Waals surface area contributed by atoms with Crippen LogP contribution >= 0.6 is 12.8 Å². The van der Waals surface area contributed by atoms with E-state index in [0.717, 1.165) is 5.56 Å². The van der Waals surface area contributed by atoms with Crippen molar-refractivity contribution >= 4 is 12.8 Å². The zero-order chi connectivity index (χ0) is 12.3. The third-order valence-electron chi connectivity index (χ3n) is 2.48. The lowest BCUT2D eigenvalue weighted by atomic mass is 10.0. The minimum Gasteiger partial charge on any atom is -0.270 e. The van der Waals surface area contributed by atoms with E-state index < -0.39 is 18.2 Å². The molecule has 0 aliphatic heterocycles. The maximum absolute atomic E-state index is 13.1. The summed E-state index contributed by atoms with van der Waals surface area (Å²) < 4.78 is 41.4. The molecular weight excluding hydrogens is 235 g/mol. The molecule has 0 fully saturated rings. The summed E-state index contributed by atoms with van der Waals surface area (Å²) in [7, 11) is 1.74. The Morgan fingerprint density at radius 2 is 1.75 bits per heavy atom. The Morgan fingerprint density at radius 3 is 2.25 bits per heavy atom. The lowest BCUT2D eigenvalue weighted by molar-refractivity contribution is 0.0125. The van der Waals surface area contributed by atoms with E-state index >= 15 is 0 Å². The van der Waals surface area contributed by atoms with Gasteiger partial charge in [-0.1, -0.05) is 18.9 Å². The minimum absolute atomic E-state index is 0.199. The molecule has 1 aromatic carbocycles.